The van der Waals surface area contributed by atoms with Crippen LogP contribution in [0, 0.1) is 6.92 Å². The monoisotopic (exact) mass is 501 g/mol. The van der Waals surface area contributed by atoms with Crippen molar-refractivity contribution < 1.29 is 4.42 Å². The summed E-state index contributed by atoms with van der Waals surface area (Å²) in [6.07, 6.45) is 0. The second kappa shape index (κ2) is 9.66. The molecule has 0 aliphatic rings. The first-order valence-electron chi connectivity index (χ1n) is 13.3. The largest absolute Gasteiger partial charge is 0.454 e. The smallest absolute Gasteiger partial charge is 0.159 e. The number of anilines is 3. The van der Waals surface area contributed by atoms with Gasteiger partial charge in [0.1, 0.15) is 5.58 Å². The molecule has 186 valence electrons. The molecule has 0 N–H and O–H groups in total. The molecule has 0 aliphatic heterocycles. The van der Waals surface area contributed by atoms with E-state index in [1.165, 1.54) is 22.3 Å². The van der Waals surface area contributed by atoms with Gasteiger partial charge >= 0.3 is 0 Å². The Hall–Kier alpha value is -5.08. The van der Waals surface area contributed by atoms with Crippen molar-refractivity contribution in [1.82, 2.24) is 0 Å². The average Bonchev–Trinajstić information content (AvgIpc) is 3.40. The minimum atomic E-state index is 0.890. The van der Waals surface area contributed by atoms with Crippen molar-refractivity contribution in [3.63, 3.8) is 0 Å². The van der Waals surface area contributed by atoms with Crippen LogP contribution in [0.2, 0.25) is 0 Å². The minimum Gasteiger partial charge on any atom is -0.454 e. The summed E-state index contributed by atoms with van der Waals surface area (Å²) in [6, 6.07) is 51.3. The average molecular weight is 502 g/mol. The summed E-state index contributed by atoms with van der Waals surface area (Å²) in [5.41, 5.74) is 10.9. The highest BCUT2D eigenvalue weighted by Gasteiger charge is 2.20. The van der Waals surface area contributed by atoms with Gasteiger partial charge in [-0.15, -0.1) is 0 Å². The van der Waals surface area contributed by atoms with Crippen LogP contribution in [0.3, 0.4) is 0 Å². The van der Waals surface area contributed by atoms with E-state index in [2.05, 4.69) is 157 Å². The first-order valence-corrected chi connectivity index (χ1v) is 13.3. The predicted octanol–water partition coefficient (Wildman–Crippen LogP) is 10.7. The van der Waals surface area contributed by atoms with E-state index in [0.29, 0.717) is 0 Å². The van der Waals surface area contributed by atoms with Crippen LogP contribution < -0.4 is 4.90 Å². The molecule has 7 rings (SSSR count). The van der Waals surface area contributed by atoms with Gasteiger partial charge in [-0.05, 0) is 65.1 Å². The molecule has 0 amide bonds. The fraction of sp³-hybridized carbons (Fsp3) is 0.0270. The number of hydrogen-bond acceptors (Lipinski definition) is 2. The lowest BCUT2D eigenvalue weighted by atomic mass is 10.0. The number of nitrogens with zero attached hydrogens (tertiary/aromatic N) is 1. The van der Waals surface area contributed by atoms with Gasteiger partial charge in [0.25, 0.3) is 0 Å². The standard InChI is InChI=1S/C37H27NO/c1-26-10-8-15-33-34-16-9-17-35(37(34)39-36(26)33)38(31-22-18-29(19-23-31)27-11-4-2-5-12-27)32-24-20-30(21-25-32)28-13-6-3-7-14-28/h2-25H,1H3. The van der Waals surface area contributed by atoms with Crippen LogP contribution in [0.5, 0.6) is 0 Å². The van der Waals surface area contributed by atoms with Crippen LogP contribution in [0.25, 0.3) is 44.2 Å². The zero-order valence-corrected chi connectivity index (χ0v) is 21.7. The first-order chi connectivity index (χ1) is 19.3. The van der Waals surface area contributed by atoms with Gasteiger partial charge < -0.3 is 9.32 Å². The van der Waals surface area contributed by atoms with Gasteiger partial charge in [0.15, 0.2) is 5.58 Å². The van der Waals surface area contributed by atoms with Gasteiger partial charge in [0.2, 0.25) is 0 Å². The summed E-state index contributed by atoms with van der Waals surface area (Å²) >= 11 is 0. The molecular formula is C37H27NO. The van der Waals surface area contributed by atoms with E-state index in [1.54, 1.807) is 0 Å². The number of fused-ring (bicyclic) bond motifs is 3. The third-order valence-corrected chi connectivity index (χ3v) is 7.41. The number of aryl methyl sites for hydroxylation is 1. The number of furan rings is 1. The molecule has 0 unspecified atom stereocenters. The molecule has 0 spiro atoms. The number of rotatable bonds is 5. The summed E-state index contributed by atoms with van der Waals surface area (Å²) in [4.78, 5) is 2.30. The van der Waals surface area contributed by atoms with Crippen molar-refractivity contribution in [2.24, 2.45) is 0 Å². The molecular weight excluding hydrogens is 474 g/mol. The minimum absolute atomic E-state index is 0.890. The van der Waals surface area contributed by atoms with Crippen molar-refractivity contribution in [2.45, 2.75) is 6.92 Å². The summed E-state index contributed by atoms with van der Waals surface area (Å²) in [6.45, 7) is 2.10. The summed E-state index contributed by atoms with van der Waals surface area (Å²) in [5, 5.41) is 2.27. The lowest BCUT2D eigenvalue weighted by molar-refractivity contribution is 0.666. The summed E-state index contributed by atoms with van der Waals surface area (Å²) < 4.78 is 6.58. The lowest BCUT2D eigenvalue weighted by Gasteiger charge is -2.26. The van der Waals surface area contributed by atoms with Gasteiger partial charge in [0.05, 0.1) is 5.69 Å². The maximum Gasteiger partial charge on any atom is 0.159 e. The van der Waals surface area contributed by atoms with E-state index in [9.17, 15) is 0 Å². The fourth-order valence-corrected chi connectivity index (χ4v) is 5.42. The van der Waals surface area contributed by atoms with E-state index in [1.807, 2.05) is 0 Å². The van der Waals surface area contributed by atoms with Gasteiger partial charge in [-0.2, -0.15) is 0 Å². The highest BCUT2D eigenvalue weighted by Crippen LogP contribution is 2.43. The van der Waals surface area contributed by atoms with E-state index in [0.717, 1.165) is 44.6 Å². The quantitative estimate of drug-likeness (QED) is 0.233. The van der Waals surface area contributed by atoms with Crippen molar-refractivity contribution in [2.75, 3.05) is 4.90 Å². The molecule has 0 radical (unpaired) electrons. The molecule has 0 bridgehead atoms. The van der Waals surface area contributed by atoms with Gasteiger partial charge in [0, 0.05) is 22.1 Å². The highest BCUT2D eigenvalue weighted by atomic mass is 16.3. The Morgan fingerprint density at radius 1 is 0.410 bits per heavy atom. The zero-order chi connectivity index (χ0) is 26.2. The Kier molecular flexibility index (Phi) is 5.71. The van der Waals surface area contributed by atoms with Crippen molar-refractivity contribution >= 4 is 39.0 Å². The first kappa shape index (κ1) is 23.1. The molecule has 7 aromatic rings. The predicted molar refractivity (Wildman–Crippen MR) is 164 cm³/mol. The van der Waals surface area contributed by atoms with Gasteiger partial charge in [-0.25, -0.2) is 0 Å². The van der Waals surface area contributed by atoms with Gasteiger partial charge in [-0.3, -0.25) is 0 Å². The molecule has 0 atom stereocenters. The SMILES string of the molecule is Cc1cccc2c1oc1c(N(c3ccc(-c4ccccc4)cc3)c3ccc(-c4ccccc4)cc3)cccc12. The second-order valence-corrected chi connectivity index (χ2v) is 9.87. The Morgan fingerprint density at radius 3 is 1.41 bits per heavy atom. The molecule has 1 heterocycles. The fourth-order valence-electron chi connectivity index (χ4n) is 5.42. The third-order valence-electron chi connectivity index (χ3n) is 7.41. The van der Waals surface area contributed by atoms with E-state index >= 15 is 0 Å². The Balaban J connectivity index is 1.40. The lowest BCUT2D eigenvalue weighted by Crippen LogP contribution is -2.10. The number of para-hydroxylation sites is 2. The molecule has 1 aromatic heterocycles. The third kappa shape index (κ3) is 4.17. The summed E-state index contributed by atoms with van der Waals surface area (Å²) in [5.74, 6) is 0. The van der Waals surface area contributed by atoms with Crippen LogP contribution >= 0.6 is 0 Å². The second-order valence-electron chi connectivity index (χ2n) is 9.87. The zero-order valence-electron chi connectivity index (χ0n) is 21.7. The van der Waals surface area contributed by atoms with Crippen LogP contribution in [-0.4, -0.2) is 0 Å². The van der Waals surface area contributed by atoms with Crippen LogP contribution in [0.15, 0.2) is 150 Å². The van der Waals surface area contributed by atoms with E-state index < -0.39 is 0 Å². The van der Waals surface area contributed by atoms with E-state index in [-0.39, 0.29) is 0 Å². The maximum atomic E-state index is 6.58. The normalized spacial score (nSPS) is 11.2. The maximum absolute atomic E-state index is 6.58. The number of benzene rings is 6. The Morgan fingerprint density at radius 2 is 0.872 bits per heavy atom. The molecule has 0 saturated heterocycles. The molecule has 0 aliphatic carbocycles. The molecule has 0 saturated carbocycles. The van der Waals surface area contributed by atoms with Crippen molar-refractivity contribution in [3.8, 4) is 22.3 Å². The van der Waals surface area contributed by atoms with Gasteiger partial charge in [-0.1, -0.05) is 115 Å². The molecule has 2 nitrogen and oxygen atoms in total. The highest BCUT2D eigenvalue weighted by molar-refractivity contribution is 6.11. The molecule has 2 heteroatoms. The Labute approximate surface area is 228 Å². The van der Waals surface area contributed by atoms with Crippen molar-refractivity contribution in [3.05, 3.63) is 151 Å². The van der Waals surface area contributed by atoms with Crippen LogP contribution in [0.1, 0.15) is 5.56 Å². The Bertz CT molecular complexity index is 1800. The number of hydrogen-bond donors (Lipinski definition) is 0. The topological polar surface area (TPSA) is 16.4 Å². The molecule has 0 fully saturated rings. The van der Waals surface area contributed by atoms with Crippen LogP contribution in [0.4, 0.5) is 17.1 Å². The van der Waals surface area contributed by atoms with Crippen molar-refractivity contribution in [1.29, 1.82) is 0 Å². The van der Waals surface area contributed by atoms with Crippen LogP contribution in [-0.2, 0) is 0 Å². The summed E-state index contributed by atoms with van der Waals surface area (Å²) in [7, 11) is 0. The van der Waals surface area contributed by atoms with E-state index in [4.69, 9.17) is 4.42 Å². The molecule has 39 heavy (non-hydrogen) atoms. The molecule has 6 aromatic carbocycles.